The number of hydrogen-bond donors (Lipinski definition) is 0. The van der Waals surface area contributed by atoms with E-state index in [-0.39, 0.29) is 17.5 Å². The van der Waals surface area contributed by atoms with Crippen molar-refractivity contribution in [2.45, 2.75) is 32.6 Å². The lowest BCUT2D eigenvalue weighted by Crippen LogP contribution is -2.49. The molecule has 2 aromatic carbocycles. The minimum absolute atomic E-state index is 0.0861. The van der Waals surface area contributed by atoms with E-state index in [0.29, 0.717) is 31.7 Å². The number of fused-ring (bicyclic) bond motifs is 1. The molecule has 0 N–H and O–H groups in total. The molecule has 1 saturated heterocycles. The first-order valence-electron chi connectivity index (χ1n) is 12.6. The molecule has 3 heterocycles. The van der Waals surface area contributed by atoms with Gasteiger partial charge >= 0.3 is 0 Å². The Kier molecular flexibility index (Phi) is 6.80. The number of anilines is 1. The number of nitro groups is 1. The third-order valence-corrected chi connectivity index (χ3v) is 6.76. The molecule has 2 aromatic heterocycles. The van der Waals surface area contributed by atoms with Gasteiger partial charge in [0.05, 0.1) is 22.2 Å². The highest BCUT2D eigenvalue weighted by molar-refractivity contribution is 5.95. The van der Waals surface area contributed by atoms with Gasteiger partial charge in [0.1, 0.15) is 11.6 Å². The minimum atomic E-state index is -0.484. The van der Waals surface area contributed by atoms with Gasteiger partial charge in [-0.15, -0.1) is 0 Å². The number of rotatable bonds is 7. The predicted molar refractivity (Wildman–Crippen MR) is 141 cm³/mol. The molecule has 10 heteroatoms. The number of nitrogens with zero attached hydrogens (tertiary/aromatic N) is 7. The van der Waals surface area contributed by atoms with Gasteiger partial charge in [0.2, 0.25) is 0 Å². The van der Waals surface area contributed by atoms with E-state index < -0.39 is 4.92 Å². The van der Waals surface area contributed by atoms with Crippen molar-refractivity contribution in [3.05, 3.63) is 82.3 Å². The average molecular weight is 500 g/mol. The van der Waals surface area contributed by atoms with Crippen LogP contribution in [0.1, 0.15) is 48.8 Å². The summed E-state index contributed by atoms with van der Waals surface area (Å²) in [6.45, 7) is 6.45. The summed E-state index contributed by atoms with van der Waals surface area (Å²) in [4.78, 5) is 37.5. The van der Waals surface area contributed by atoms with Crippen molar-refractivity contribution < 1.29 is 9.72 Å². The van der Waals surface area contributed by atoms with Crippen molar-refractivity contribution in [1.29, 1.82) is 0 Å². The second kappa shape index (κ2) is 10.3. The molecule has 1 amide bonds. The fourth-order valence-corrected chi connectivity index (χ4v) is 4.75. The SMILES string of the molecule is CCC[C@H](C)c1nc(N2CCN(C(=O)c3cccc([N+](=O)[O-])c3)CC2)c2cnn(-c3ccccc3)c2n1. The first kappa shape index (κ1) is 24.4. The summed E-state index contributed by atoms with van der Waals surface area (Å²) in [6.07, 6.45) is 3.83. The number of nitro benzene ring substituents is 1. The van der Waals surface area contributed by atoms with Gasteiger partial charge in [-0.1, -0.05) is 44.5 Å². The van der Waals surface area contributed by atoms with Crippen molar-refractivity contribution in [3.63, 3.8) is 0 Å². The molecule has 1 fully saturated rings. The number of hydrogen-bond acceptors (Lipinski definition) is 7. The van der Waals surface area contributed by atoms with E-state index in [9.17, 15) is 14.9 Å². The lowest BCUT2D eigenvalue weighted by atomic mass is 10.1. The number of carbonyl (C=O) groups excluding carboxylic acids is 1. The maximum absolute atomic E-state index is 13.1. The van der Waals surface area contributed by atoms with Crippen LogP contribution in [0.5, 0.6) is 0 Å². The highest BCUT2D eigenvalue weighted by Gasteiger charge is 2.27. The van der Waals surface area contributed by atoms with Crippen molar-refractivity contribution in [1.82, 2.24) is 24.6 Å². The summed E-state index contributed by atoms with van der Waals surface area (Å²) in [5.74, 6) is 1.61. The van der Waals surface area contributed by atoms with Crippen LogP contribution in [0.2, 0.25) is 0 Å². The largest absolute Gasteiger partial charge is 0.352 e. The third-order valence-electron chi connectivity index (χ3n) is 6.76. The van der Waals surface area contributed by atoms with Crippen molar-refractivity contribution >= 4 is 28.4 Å². The fourth-order valence-electron chi connectivity index (χ4n) is 4.75. The zero-order chi connectivity index (χ0) is 25.9. The Bertz CT molecular complexity index is 1430. The van der Waals surface area contributed by atoms with Gasteiger partial charge in [0.25, 0.3) is 11.6 Å². The van der Waals surface area contributed by atoms with Crippen LogP contribution in [-0.2, 0) is 0 Å². The van der Waals surface area contributed by atoms with Gasteiger partial charge < -0.3 is 9.80 Å². The lowest BCUT2D eigenvalue weighted by molar-refractivity contribution is -0.384. The second-order valence-corrected chi connectivity index (χ2v) is 9.31. The summed E-state index contributed by atoms with van der Waals surface area (Å²) < 4.78 is 1.85. The van der Waals surface area contributed by atoms with Crippen molar-refractivity contribution in [2.75, 3.05) is 31.1 Å². The standard InChI is InChI=1S/C27H29N7O3/c1-3-8-19(2)24-29-25(23-18-28-33(26(23)30-24)21-10-5-4-6-11-21)31-13-15-32(16-14-31)27(35)20-9-7-12-22(17-20)34(36)37/h4-7,9-12,17-19H,3,8,13-16H2,1-2H3/t19-/m0/s1. The molecular formula is C27H29N7O3. The molecule has 0 bridgehead atoms. The molecule has 5 rings (SSSR count). The molecule has 0 aliphatic carbocycles. The van der Waals surface area contributed by atoms with Crippen LogP contribution in [-0.4, -0.2) is 61.7 Å². The molecule has 0 saturated carbocycles. The molecule has 0 radical (unpaired) electrons. The molecule has 37 heavy (non-hydrogen) atoms. The maximum atomic E-state index is 13.1. The van der Waals surface area contributed by atoms with Crippen molar-refractivity contribution in [3.8, 4) is 5.69 Å². The van der Waals surface area contributed by atoms with E-state index in [1.165, 1.54) is 12.1 Å². The van der Waals surface area contributed by atoms with Gasteiger partial charge in [-0.25, -0.2) is 14.6 Å². The number of carbonyl (C=O) groups is 1. The Morgan fingerprint density at radius 1 is 1.05 bits per heavy atom. The topological polar surface area (TPSA) is 110 Å². The summed E-state index contributed by atoms with van der Waals surface area (Å²) in [7, 11) is 0. The van der Waals surface area contributed by atoms with Crippen LogP contribution in [0.3, 0.4) is 0 Å². The first-order valence-corrected chi connectivity index (χ1v) is 12.6. The quantitative estimate of drug-likeness (QED) is 0.270. The Balaban J connectivity index is 1.43. The summed E-state index contributed by atoms with van der Waals surface area (Å²) in [6, 6.07) is 15.8. The average Bonchev–Trinajstić information content (AvgIpc) is 3.37. The Hall–Kier alpha value is -4.34. The number of non-ortho nitro benzene ring substituents is 1. The molecule has 190 valence electrons. The molecule has 10 nitrogen and oxygen atoms in total. The third kappa shape index (κ3) is 4.87. The zero-order valence-electron chi connectivity index (χ0n) is 20.9. The van der Waals surface area contributed by atoms with Crippen LogP contribution in [0.15, 0.2) is 60.8 Å². The van der Waals surface area contributed by atoms with Gasteiger partial charge in [0.15, 0.2) is 5.65 Å². The monoisotopic (exact) mass is 499 g/mol. The van der Waals surface area contributed by atoms with E-state index in [2.05, 4.69) is 23.8 Å². The maximum Gasteiger partial charge on any atom is 0.270 e. The molecule has 4 aromatic rings. The molecular weight excluding hydrogens is 470 g/mol. The molecule has 0 spiro atoms. The first-order chi connectivity index (χ1) is 18.0. The number of piperazine rings is 1. The molecule has 1 aliphatic rings. The summed E-state index contributed by atoms with van der Waals surface area (Å²) in [5, 5.41) is 16.6. The summed E-state index contributed by atoms with van der Waals surface area (Å²) in [5.41, 5.74) is 1.94. The van der Waals surface area contributed by atoms with Crippen LogP contribution in [0, 0.1) is 10.1 Å². The fraction of sp³-hybridized carbons (Fsp3) is 0.333. The van der Waals surface area contributed by atoms with Gasteiger partial charge in [-0.2, -0.15) is 5.10 Å². The van der Waals surface area contributed by atoms with Crippen LogP contribution in [0.25, 0.3) is 16.7 Å². The van der Waals surface area contributed by atoms with E-state index >= 15 is 0 Å². The molecule has 0 unspecified atom stereocenters. The van der Waals surface area contributed by atoms with Gasteiger partial charge in [-0.05, 0) is 24.6 Å². The van der Waals surface area contributed by atoms with Crippen LogP contribution < -0.4 is 4.90 Å². The van der Waals surface area contributed by atoms with E-state index in [1.807, 2.05) is 41.2 Å². The zero-order valence-corrected chi connectivity index (χ0v) is 20.9. The number of amides is 1. The number of aromatic nitrogens is 4. The Labute approximate surface area is 214 Å². The van der Waals surface area contributed by atoms with Crippen molar-refractivity contribution in [2.24, 2.45) is 0 Å². The van der Waals surface area contributed by atoms with Crippen LogP contribution >= 0.6 is 0 Å². The summed E-state index contributed by atoms with van der Waals surface area (Å²) >= 11 is 0. The molecule has 1 atom stereocenters. The highest BCUT2D eigenvalue weighted by Crippen LogP contribution is 2.30. The lowest BCUT2D eigenvalue weighted by Gasteiger charge is -2.35. The highest BCUT2D eigenvalue weighted by atomic mass is 16.6. The number of benzene rings is 2. The van der Waals surface area contributed by atoms with E-state index in [1.54, 1.807) is 17.0 Å². The van der Waals surface area contributed by atoms with Crippen LogP contribution in [0.4, 0.5) is 11.5 Å². The smallest absolute Gasteiger partial charge is 0.270 e. The van der Waals surface area contributed by atoms with Gasteiger partial charge in [0, 0.05) is 49.8 Å². The Morgan fingerprint density at radius 3 is 2.51 bits per heavy atom. The van der Waals surface area contributed by atoms with Gasteiger partial charge in [-0.3, -0.25) is 14.9 Å². The second-order valence-electron chi connectivity index (χ2n) is 9.31. The number of para-hydroxylation sites is 1. The minimum Gasteiger partial charge on any atom is -0.352 e. The molecule has 1 aliphatic heterocycles. The normalized spacial score (nSPS) is 14.6. The van der Waals surface area contributed by atoms with E-state index in [4.69, 9.17) is 9.97 Å². The predicted octanol–water partition coefficient (Wildman–Crippen LogP) is 4.59. The van der Waals surface area contributed by atoms with E-state index in [0.717, 1.165) is 41.2 Å². The Morgan fingerprint density at radius 2 is 1.81 bits per heavy atom.